The van der Waals surface area contributed by atoms with Gasteiger partial charge in [-0.3, -0.25) is 9.59 Å². The fourth-order valence-corrected chi connectivity index (χ4v) is 4.45. The molecule has 0 spiro atoms. The lowest BCUT2D eigenvalue weighted by molar-refractivity contribution is 0.0690. The van der Waals surface area contributed by atoms with E-state index in [1.54, 1.807) is 16.8 Å². The van der Waals surface area contributed by atoms with Gasteiger partial charge in [0, 0.05) is 24.8 Å². The zero-order valence-electron chi connectivity index (χ0n) is 11.7. The van der Waals surface area contributed by atoms with Gasteiger partial charge in [-0.15, -0.1) is 0 Å². The molecule has 2 aromatic heterocycles. The number of aromatic amines is 1. The lowest BCUT2D eigenvalue weighted by atomic mass is 10.1. The summed E-state index contributed by atoms with van der Waals surface area (Å²) in [6, 6.07) is 2.16. The van der Waals surface area contributed by atoms with E-state index in [2.05, 4.69) is 10.1 Å². The van der Waals surface area contributed by atoms with Gasteiger partial charge in [-0.05, 0) is 37.5 Å². The molecule has 2 saturated carbocycles. The third-order valence-corrected chi connectivity index (χ3v) is 5.45. The van der Waals surface area contributed by atoms with E-state index >= 15 is 0 Å². The molecule has 6 heteroatoms. The smallest absolute Gasteiger partial charge is 0.264 e. The summed E-state index contributed by atoms with van der Waals surface area (Å²) in [5.41, 5.74) is 1.33. The Morgan fingerprint density at radius 3 is 3.00 bits per heavy atom. The van der Waals surface area contributed by atoms with Crippen molar-refractivity contribution in [1.82, 2.24) is 19.5 Å². The van der Waals surface area contributed by atoms with Crippen molar-refractivity contribution in [3.05, 3.63) is 33.9 Å². The highest BCUT2D eigenvalue weighted by Crippen LogP contribution is 2.61. The second-order valence-corrected chi connectivity index (χ2v) is 6.70. The normalized spacial score (nSPS) is 32.7. The summed E-state index contributed by atoms with van der Waals surface area (Å²) in [5, 5.41) is 4.27. The highest BCUT2D eigenvalue weighted by Gasteiger charge is 2.61. The average Bonchev–Trinajstić information content (AvgIpc) is 2.86. The number of rotatable bonds is 1. The Morgan fingerprint density at radius 1 is 1.38 bits per heavy atom. The van der Waals surface area contributed by atoms with Crippen LogP contribution in [0.25, 0.3) is 5.65 Å². The van der Waals surface area contributed by atoms with Crippen LogP contribution >= 0.6 is 0 Å². The molecule has 21 heavy (non-hydrogen) atoms. The van der Waals surface area contributed by atoms with E-state index in [1.165, 1.54) is 6.42 Å². The number of nitrogens with one attached hydrogen (secondary N) is 1. The van der Waals surface area contributed by atoms with Crippen LogP contribution in [0.1, 0.15) is 28.9 Å². The van der Waals surface area contributed by atoms with Gasteiger partial charge in [-0.1, -0.05) is 0 Å². The van der Waals surface area contributed by atoms with Gasteiger partial charge < -0.3 is 9.88 Å². The van der Waals surface area contributed by atoms with E-state index in [1.807, 2.05) is 11.8 Å². The fourth-order valence-electron chi connectivity index (χ4n) is 4.45. The summed E-state index contributed by atoms with van der Waals surface area (Å²) >= 11 is 0. The molecular weight excluding hydrogens is 268 g/mol. The van der Waals surface area contributed by atoms with Crippen LogP contribution in [-0.2, 0) is 0 Å². The molecule has 108 valence electrons. The molecule has 0 radical (unpaired) electrons. The average molecular weight is 284 g/mol. The quantitative estimate of drug-likeness (QED) is 0.842. The molecule has 3 fully saturated rings. The number of fused-ring (bicyclic) bond motifs is 6. The van der Waals surface area contributed by atoms with Crippen LogP contribution in [0.3, 0.4) is 0 Å². The molecule has 5 rings (SSSR count). The summed E-state index contributed by atoms with van der Waals surface area (Å²) in [7, 11) is 0. The highest BCUT2D eigenvalue weighted by atomic mass is 16.2. The van der Waals surface area contributed by atoms with E-state index in [4.69, 9.17) is 0 Å². The number of H-pyrrole nitrogens is 1. The van der Waals surface area contributed by atoms with Gasteiger partial charge in [0.25, 0.3) is 11.5 Å². The molecule has 2 aliphatic carbocycles. The predicted octanol–water partition coefficient (Wildman–Crippen LogP) is 0.811. The zero-order chi connectivity index (χ0) is 14.3. The first kappa shape index (κ1) is 11.5. The van der Waals surface area contributed by atoms with Crippen molar-refractivity contribution in [2.24, 2.45) is 17.8 Å². The van der Waals surface area contributed by atoms with Crippen molar-refractivity contribution in [2.45, 2.75) is 25.8 Å². The first-order chi connectivity index (χ1) is 10.1. The third kappa shape index (κ3) is 1.45. The van der Waals surface area contributed by atoms with Gasteiger partial charge in [0.05, 0.1) is 5.69 Å². The molecule has 1 N–H and O–H groups in total. The van der Waals surface area contributed by atoms with Gasteiger partial charge >= 0.3 is 0 Å². The molecule has 6 nitrogen and oxygen atoms in total. The van der Waals surface area contributed by atoms with Crippen LogP contribution < -0.4 is 5.56 Å². The van der Waals surface area contributed by atoms with Crippen molar-refractivity contribution in [3.8, 4) is 0 Å². The third-order valence-electron chi connectivity index (χ3n) is 5.45. The summed E-state index contributed by atoms with van der Waals surface area (Å²) in [5.74, 6) is 2.08. The number of carbonyl (C=O) groups excluding carboxylic acids is 1. The monoisotopic (exact) mass is 284 g/mol. The Hall–Kier alpha value is -2.11. The SMILES string of the molecule is Cc1cc2[nH]c(=O)c(C(=O)N3C[C@@H]4C[C@H]3[C@H]3C[C@@H]43)cn2n1. The van der Waals surface area contributed by atoms with Crippen LogP contribution in [0.5, 0.6) is 0 Å². The molecule has 0 unspecified atom stereocenters. The van der Waals surface area contributed by atoms with E-state index in [0.717, 1.165) is 24.6 Å². The van der Waals surface area contributed by atoms with E-state index in [-0.39, 0.29) is 17.0 Å². The number of amides is 1. The minimum Gasteiger partial charge on any atom is -0.335 e. The highest BCUT2D eigenvalue weighted by molar-refractivity contribution is 5.94. The Morgan fingerprint density at radius 2 is 2.24 bits per heavy atom. The van der Waals surface area contributed by atoms with Gasteiger partial charge in [-0.2, -0.15) is 5.10 Å². The van der Waals surface area contributed by atoms with Crippen LogP contribution in [0.15, 0.2) is 17.1 Å². The number of nitrogens with zero attached hydrogens (tertiary/aromatic N) is 3. The second kappa shape index (κ2) is 3.55. The number of piperidine rings is 1. The number of hydrogen-bond acceptors (Lipinski definition) is 3. The maximum absolute atomic E-state index is 12.7. The first-order valence-electron chi connectivity index (χ1n) is 7.52. The molecule has 3 aliphatic rings. The molecule has 0 aromatic carbocycles. The summed E-state index contributed by atoms with van der Waals surface area (Å²) in [4.78, 5) is 29.6. The molecule has 2 bridgehead atoms. The molecule has 3 heterocycles. The minimum atomic E-state index is -0.317. The Balaban J connectivity index is 1.56. The fraction of sp³-hybridized carbons (Fsp3) is 0.533. The van der Waals surface area contributed by atoms with Gasteiger partial charge in [-0.25, -0.2) is 4.52 Å². The minimum absolute atomic E-state index is 0.135. The van der Waals surface area contributed by atoms with Gasteiger partial charge in [0.15, 0.2) is 0 Å². The largest absolute Gasteiger partial charge is 0.335 e. The number of hydrogen-bond donors (Lipinski definition) is 1. The zero-order valence-corrected chi connectivity index (χ0v) is 11.7. The second-order valence-electron chi connectivity index (χ2n) is 6.70. The van der Waals surface area contributed by atoms with E-state index in [0.29, 0.717) is 23.5 Å². The van der Waals surface area contributed by atoms with Crippen molar-refractivity contribution in [1.29, 1.82) is 0 Å². The standard InChI is InChI=1S/C15H16N4O2/c1-7-2-13-16-14(20)11(6-19(13)17-7)15(21)18-5-8-3-12(18)10-4-9(8)10/h2,6,8-10,12H,3-5H2,1H3,(H,16,20)/t8-,9-,10-,12-/m0/s1. The van der Waals surface area contributed by atoms with Crippen molar-refractivity contribution < 1.29 is 4.79 Å². The molecular formula is C15H16N4O2. The number of likely N-dealkylation sites (tertiary alicyclic amines) is 1. The van der Waals surface area contributed by atoms with Gasteiger partial charge in [0.1, 0.15) is 11.2 Å². The molecule has 1 aliphatic heterocycles. The van der Waals surface area contributed by atoms with E-state index < -0.39 is 0 Å². The van der Waals surface area contributed by atoms with Crippen molar-refractivity contribution >= 4 is 11.6 Å². The summed E-state index contributed by atoms with van der Waals surface area (Å²) in [6.07, 6.45) is 3.97. The van der Waals surface area contributed by atoms with E-state index in [9.17, 15) is 9.59 Å². The number of aryl methyl sites for hydroxylation is 1. The maximum Gasteiger partial charge on any atom is 0.264 e. The first-order valence-corrected chi connectivity index (χ1v) is 7.52. The van der Waals surface area contributed by atoms with Crippen LogP contribution in [0.2, 0.25) is 0 Å². The van der Waals surface area contributed by atoms with Crippen LogP contribution in [0, 0.1) is 24.7 Å². The Bertz CT molecular complexity index is 836. The van der Waals surface area contributed by atoms with Crippen LogP contribution in [0.4, 0.5) is 0 Å². The molecule has 1 amide bonds. The predicted molar refractivity (Wildman–Crippen MR) is 75.1 cm³/mol. The van der Waals surface area contributed by atoms with Crippen molar-refractivity contribution in [2.75, 3.05) is 6.54 Å². The van der Waals surface area contributed by atoms with Crippen LogP contribution in [-0.4, -0.2) is 38.0 Å². The Labute approximate surface area is 120 Å². The Kier molecular flexibility index (Phi) is 1.95. The lowest BCUT2D eigenvalue weighted by Crippen LogP contribution is -2.41. The summed E-state index contributed by atoms with van der Waals surface area (Å²) < 4.78 is 1.58. The lowest BCUT2D eigenvalue weighted by Gasteiger charge is -2.26. The molecule has 2 aromatic rings. The summed E-state index contributed by atoms with van der Waals surface area (Å²) in [6.45, 7) is 2.68. The maximum atomic E-state index is 12.7. The van der Waals surface area contributed by atoms with Gasteiger partial charge in [0.2, 0.25) is 0 Å². The molecule has 4 atom stereocenters. The molecule has 1 saturated heterocycles. The number of carbonyl (C=O) groups is 1. The number of aromatic nitrogens is 3. The van der Waals surface area contributed by atoms with Crippen molar-refractivity contribution in [3.63, 3.8) is 0 Å². The topological polar surface area (TPSA) is 70.5 Å².